The highest BCUT2D eigenvalue weighted by Crippen LogP contribution is 2.38. The molecule has 4 nitrogen and oxygen atoms in total. The molecule has 0 spiro atoms. The number of aliphatic hydroxyl groups excluding tert-OH is 1. The molecule has 0 saturated carbocycles. The Labute approximate surface area is 138 Å². The van der Waals surface area contributed by atoms with Crippen LogP contribution in [0.4, 0.5) is 4.39 Å². The zero-order chi connectivity index (χ0) is 16.8. The molecule has 0 aliphatic heterocycles. The molecule has 0 saturated heterocycles. The predicted octanol–water partition coefficient (Wildman–Crippen LogP) is 2.92. The number of aliphatic hydroxyl groups is 1. The highest BCUT2D eigenvalue weighted by molar-refractivity contribution is 6.10. The third-order valence-corrected chi connectivity index (χ3v) is 4.74. The van der Waals surface area contributed by atoms with Gasteiger partial charge in [-0.15, -0.1) is 0 Å². The van der Waals surface area contributed by atoms with E-state index in [1.807, 2.05) is 0 Å². The van der Waals surface area contributed by atoms with Crippen molar-refractivity contribution >= 4 is 16.8 Å². The topological polar surface area (TPSA) is 79.1 Å². The van der Waals surface area contributed by atoms with Crippen LogP contribution in [-0.4, -0.2) is 22.1 Å². The van der Waals surface area contributed by atoms with Crippen molar-refractivity contribution in [2.75, 3.05) is 0 Å². The molecule has 1 amide bonds. The third kappa shape index (κ3) is 2.20. The van der Waals surface area contributed by atoms with Gasteiger partial charge in [0.1, 0.15) is 5.82 Å². The van der Waals surface area contributed by atoms with Gasteiger partial charge in [0, 0.05) is 23.1 Å². The van der Waals surface area contributed by atoms with Gasteiger partial charge in [-0.05, 0) is 36.1 Å². The van der Waals surface area contributed by atoms with E-state index in [9.17, 15) is 14.3 Å². The van der Waals surface area contributed by atoms with Gasteiger partial charge < -0.3 is 15.8 Å². The first-order valence-electron chi connectivity index (χ1n) is 7.95. The van der Waals surface area contributed by atoms with Crippen LogP contribution in [0.15, 0.2) is 36.4 Å². The summed E-state index contributed by atoms with van der Waals surface area (Å²) in [5.74, 6) is -0.851. The second kappa shape index (κ2) is 5.46. The number of halogens is 1. The minimum atomic E-state index is -0.528. The standard InChI is InChI=1S/C19H17FN2O2/c20-15-4-2-1-3-11(15)12-6-7-13(19(21)24)18-17(12)14-9-10(23)5-8-16(14)22-18/h1-4,6-7,10,22-23H,5,8-9H2,(H2,21,24). The average Bonchev–Trinajstić information content (AvgIpc) is 2.93. The van der Waals surface area contributed by atoms with Gasteiger partial charge in [0.25, 0.3) is 5.91 Å². The van der Waals surface area contributed by atoms with Gasteiger partial charge in [-0.3, -0.25) is 4.79 Å². The van der Waals surface area contributed by atoms with E-state index in [1.165, 1.54) is 6.07 Å². The van der Waals surface area contributed by atoms with Crippen molar-refractivity contribution in [1.82, 2.24) is 4.98 Å². The smallest absolute Gasteiger partial charge is 0.250 e. The quantitative estimate of drug-likeness (QED) is 0.677. The van der Waals surface area contributed by atoms with Crippen molar-refractivity contribution in [1.29, 1.82) is 0 Å². The number of aromatic amines is 1. The molecule has 1 unspecified atom stereocenters. The Morgan fingerprint density at radius 1 is 1.21 bits per heavy atom. The minimum absolute atomic E-state index is 0.322. The Balaban J connectivity index is 2.08. The normalized spacial score (nSPS) is 17.0. The first-order valence-corrected chi connectivity index (χ1v) is 7.95. The van der Waals surface area contributed by atoms with Crippen LogP contribution in [0.1, 0.15) is 28.0 Å². The van der Waals surface area contributed by atoms with Gasteiger partial charge in [0.2, 0.25) is 0 Å². The van der Waals surface area contributed by atoms with Gasteiger partial charge in [-0.25, -0.2) is 4.39 Å². The van der Waals surface area contributed by atoms with Crippen molar-refractivity contribution in [2.45, 2.75) is 25.4 Å². The lowest BCUT2D eigenvalue weighted by Gasteiger charge is -2.18. The summed E-state index contributed by atoms with van der Waals surface area (Å²) in [5, 5.41) is 10.8. The number of nitrogens with two attached hydrogens (primary N) is 1. The van der Waals surface area contributed by atoms with Gasteiger partial charge >= 0.3 is 0 Å². The second-order valence-corrected chi connectivity index (χ2v) is 6.23. The van der Waals surface area contributed by atoms with Crippen LogP contribution in [0.25, 0.3) is 22.0 Å². The van der Waals surface area contributed by atoms with Crippen LogP contribution < -0.4 is 5.73 Å². The van der Waals surface area contributed by atoms with Crippen molar-refractivity contribution in [3.05, 3.63) is 59.0 Å². The summed E-state index contributed by atoms with van der Waals surface area (Å²) in [5.41, 5.74) is 9.63. The number of benzene rings is 2. The van der Waals surface area contributed by atoms with Crippen LogP contribution in [0.3, 0.4) is 0 Å². The van der Waals surface area contributed by atoms with E-state index in [0.717, 1.165) is 16.6 Å². The van der Waals surface area contributed by atoms with Crippen molar-refractivity contribution < 1.29 is 14.3 Å². The van der Waals surface area contributed by atoms with E-state index in [1.54, 1.807) is 30.3 Å². The second-order valence-electron chi connectivity index (χ2n) is 6.23. The number of aryl methyl sites for hydroxylation is 1. The maximum absolute atomic E-state index is 14.3. The molecule has 24 heavy (non-hydrogen) atoms. The molecule has 1 aliphatic carbocycles. The van der Waals surface area contributed by atoms with E-state index in [0.29, 0.717) is 41.5 Å². The monoisotopic (exact) mass is 324 g/mol. The Morgan fingerprint density at radius 2 is 2.00 bits per heavy atom. The van der Waals surface area contributed by atoms with E-state index in [2.05, 4.69) is 4.98 Å². The third-order valence-electron chi connectivity index (χ3n) is 4.74. The van der Waals surface area contributed by atoms with Gasteiger partial charge in [0.05, 0.1) is 17.2 Å². The first kappa shape index (κ1) is 14.9. The molecule has 0 fully saturated rings. The first-order chi connectivity index (χ1) is 11.6. The fourth-order valence-electron chi connectivity index (χ4n) is 3.62. The number of rotatable bonds is 2. The maximum atomic E-state index is 14.3. The van der Waals surface area contributed by atoms with Crippen molar-refractivity contribution in [2.24, 2.45) is 5.73 Å². The zero-order valence-electron chi connectivity index (χ0n) is 13.0. The number of carbonyl (C=O) groups is 1. The molecule has 3 aromatic rings. The Bertz CT molecular complexity index is 961. The fourth-order valence-corrected chi connectivity index (χ4v) is 3.62. The number of nitrogens with one attached hydrogen (secondary N) is 1. The highest BCUT2D eigenvalue weighted by atomic mass is 19.1. The summed E-state index contributed by atoms with van der Waals surface area (Å²) in [6, 6.07) is 9.91. The van der Waals surface area contributed by atoms with Gasteiger partial charge in [-0.1, -0.05) is 24.3 Å². The molecule has 0 radical (unpaired) electrons. The number of hydrogen-bond acceptors (Lipinski definition) is 2. The summed E-state index contributed by atoms with van der Waals surface area (Å²) >= 11 is 0. The molecule has 2 aromatic carbocycles. The number of hydrogen-bond donors (Lipinski definition) is 3. The van der Waals surface area contributed by atoms with Gasteiger partial charge in [0.15, 0.2) is 0 Å². The van der Waals surface area contributed by atoms with Crippen LogP contribution in [0.2, 0.25) is 0 Å². The molecule has 0 bridgehead atoms. The molecule has 1 aliphatic rings. The summed E-state index contributed by atoms with van der Waals surface area (Å²) < 4.78 is 14.3. The summed E-state index contributed by atoms with van der Waals surface area (Å²) in [6.45, 7) is 0. The van der Waals surface area contributed by atoms with E-state index < -0.39 is 12.0 Å². The van der Waals surface area contributed by atoms with Gasteiger partial charge in [-0.2, -0.15) is 0 Å². The lowest BCUT2D eigenvalue weighted by Crippen LogP contribution is -2.17. The average molecular weight is 324 g/mol. The Hall–Kier alpha value is -2.66. The molecular formula is C19H17FN2O2. The van der Waals surface area contributed by atoms with E-state index in [-0.39, 0.29) is 5.82 Å². The largest absolute Gasteiger partial charge is 0.393 e. The number of aromatic nitrogens is 1. The number of primary amides is 1. The van der Waals surface area contributed by atoms with Crippen LogP contribution in [-0.2, 0) is 12.8 Å². The molecule has 5 heteroatoms. The highest BCUT2D eigenvalue weighted by Gasteiger charge is 2.25. The lowest BCUT2D eigenvalue weighted by atomic mass is 9.89. The van der Waals surface area contributed by atoms with E-state index in [4.69, 9.17) is 5.73 Å². The molecule has 4 N–H and O–H groups in total. The zero-order valence-corrected chi connectivity index (χ0v) is 13.0. The number of carbonyl (C=O) groups excluding carboxylic acids is 1. The van der Waals surface area contributed by atoms with E-state index >= 15 is 0 Å². The predicted molar refractivity (Wildman–Crippen MR) is 90.2 cm³/mol. The van der Waals surface area contributed by atoms with Crippen LogP contribution >= 0.6 is 0 Å². The maximum Gasteiger partial charge on any atom is 0.250 e. The summed E-state index contributed by atoms with van der Waals surface area (Å²) in [4.78, 5) is 15.1. The Morgan fingerprint density at radius 3 is 2.75 bits per heavy atom. The van der Waals surface area contributed by atoms with Crippen molar-refractivity contribution in [3.63, 3.8) is 0 Å². The van der Waals surface area contributed by atoms with Crippen molar-refractivity contribution in [3.8, 4) is 11.1 Å². The van der Waals surface area contributed by atoms with Crippen LogP contribution in [0.5, 0.6) is 0 Å². The number of amides is 1. The minimum Gasteiger partial charge on any atom is -0.393 e. The summed E-state index contributed by atoms with van der Waals surface area (Å²) in [6.07, 6.45) is 1.42. The lowest BCUT2D eigenvalue weighted by molar-refractivity contribution is 0.100. The number of H-pyrrole nitrogens is 1. The summed E-state index contributed by atoms with van der Waals surface area (Å²) in [7, 11) is 0. The Kier molecular flexibility index (Phi) is 3.39. The molecular weight excluding hydrogens is 307 g/mol. The fraction of sp³-hybridized carbons (Fsp3) is 0.211. The molecule has 1 heterocycles. The van der Waals surface area contributed by atoms with Crippen LogP contribution in [0, 0.1) is 5.82 Å². The number of fused-ring (bicyclic) bond motifs is 3. The molecule has 1 aromatic heterocycles. The molecule has 4 rings (SSSR count). The molecule has 122 valence electrons. The SMILES string of the molecule is NC(=O)c1ccc(-c2ccccc2F)c2c3c([nH]c12)CCC(O)C3. The molecule has 1 atom stereocenters.